The van der Waals surface area contributed by atoms with E-state index < -0.39 is 0 Å². The Bertz CT molecular complexity index is 265. The van der Waals surface area contributed by atoms with Crippen LogP contribution in [0.1, 0.15) is 32.6 Å². The normalized spacial score (nSPS) is 10.1. The molecule has 0 saturated carbocycles. The van der Waals surface area contributed by atoms with Crippen molar-refractivity contribution < 1.29 is 4.74 Å². The predicted molar refractivity (Wildman–Crippen MR) is 56.1 cm³/mol. The third kappa shape index (κ3) is 3.60. The van der Waals surface area contributed by atoms with Gasteiger partial charge in [-0.1, -0.05) is 26.2 Å². The lowest BCUT2D eigenvalue weighted by atomic mass is 10.2. The molecule has 0 spiro atoms. The quantitative estimate of drug-likeness (QED) is 0.705. The molecule has 0 saturated heterocycles. The molecule has 0 bridgehead atoms. The lowest BCUT2D eigenvalue weighted by Crippen LogP contribution is -2.03. The van der Waals surface area contributed by atoms with Crippen molar-refractivity contribution in [3.8, 4) is 5.88 Å². The maximum Gasteiger partial charge on any atom is 0.257 e. The highest BCUT2D eigenvalue weighted by molar-refractivity contribution is 5.38. The van der Waals surface area contributed by atoms with Gasteiger partial charge in [0, 0.05) is 12.4 Å². The van der Waals surface area contributed by atoms with E-state index in [-0.39, 0.29) is 0 Å². The number of nitrogens with two attached hydrogens (primary N) is 1. The van der Waals surface area contributed by atoms with Gasteiger partial charge in [-0.05, 0) is 6.42 Å². The molecule has 78 valence electrons. The minimum absolute atomic E-state index is 0.364. The van der Waals surface area contributed by atoms with Gasteiger partial charge in [0.1, 0.15) is 0 Å². The van der Waals surface area contributed by atoms with Crippen molar-refractivity contribution >= 4 is 5.82 Å². The molecular weight excluding hydrogens is 178 g/mol. The Kier molecular flexibility index (Phi) is 4.75. The zero-order valence-corrected chi connectivity index (χ0v) is 8.57. The van der Waals surface area contributed by atoms with Crippen molar-refractivity contribution in [3.05, 3.63) is 12.4 Å². The number of rotatable bonds is 6. The molecule has 14 heavy (non-hydrogen) atoms. The van der Waals surface area contributed by atoms with E-state index in [0.717, 1.165) is 6.42 Å². The molecule has 0 aliphatic heterocycles. The Labute approximate surface area is 84.5 Å². The Hall–Kier alpha value is -1.32. The molecule has 1 heterocycles. The second-order valence-corrected chi connectivity index (χ2v) is 3.16. The van der Waals surface area contributed by atoms with Gasteiger partial charge < -0.3 is 10.5 Å². The summed E-state index contributed by atoms with van der Waals surface area (Å²) in [6, 6.07) is 0. The molecule has 0 aliphatic rings. The number of hydrogen-bond acceptors (Lipinski definition) is 4. The maximum atomic E-state index is 5.56. The zero-order valence-electron chi connectivity index (χ0n) is 8.57. The van der Waals surface area contributed by atoms with Gasteiger partial charge in [0.2, 0.25) is 0 Å². The summed E-state index contributed by atoms with van der Waals surface area (Å²) >= 11 is 0. The highest BCUT2D eigenvalue weighted by Gasteiger charge is 2.00. The molecule has 1 aromatic rings. The summed E-state index contributed by atoms with van der Waals surface area (Å²) in [6.07, 6.45) is 7.85. The van der Waals surface area contributed by atoms with Crippen molar-refractivity contribution in [3.63, 3.8) is 0 Å². The molecule has 0 aromatic carbocycles. The largest absolute Gasteiger partial charge is 0.475 e. The Morgan fingerprint density at radius 2 is 2.00 bits per heavy atom. The van der Waals surface area contributed by atoms with Crippen molar-refractivity contribution in [2.45, 2.75) is 32.6 Å². The highest BCUT2D eigenvalue weighted by Crippen LogP contribution is 2.13. The number of ether oxygens (including phenoxy) is 1. The van der Waals surface area contributed by atoms with Crippen LogP contribution in [0.15, 0.2) is 12.4 Å². The molecule has 0 radical (unpaired) electrons. The van der Waals surface area contributed by atoms with E-state index in [1.54, 1.807) is 12.4 Å². The number of nitrogens with zero attached hydrogens (tertiary/aromatic N) is 2. The molecule has 0 atom stereocenters. The van der Waals surface area contributed by atoms with Crippen LogP contribution in [0.4, 0.5) is 5.82 Å². The van der Waals surface area contributed by atoms with E-state index in [1.165, 1.54) is 19.3 Å². The van der Waals surface area contributed by atoms with E-state index in [1.807, 2.05) is 0 Å². The van der Waals surface area contributed by atoms with Crippen LogP contribution in [-0.4, -0.2) is 16.6 Å². The average Bonchev–Trinajstić information content (AvgIpc) is 2.20. The Balaban J connectivity index is 2.21. The molecule has 2 N–H and O–H groups in total. The van der Waals surface area contributed by atoms with Crippen LogP contribution in [-0.2, 0) is 0 Å². The lowest BCUT2D eigenvalue weighted by Gasteiger charge is -2.05. The topological polar surface area (TPSA) is 61.0 Å². The fraction of sp³-hybridized carbons (Fsp3) is 0.600. The minimum atomic E-state index is 0.364. The van der Waals surface area contributed by atoms with Gasteiger partial charge in [-0.2, -0.15) is 0 Å². The summed E-state index contributed by atoms with van der Waals surface area (Å²) in [6.45, 7) is 2.85. The van der Waals surface area contributed by atoms with Crippen molar-refractivity contribution in [2.24, 2.45) is 0 Å². The van der Waals surface area contributed by atoms with Crippen LogP contribution in [0.5, 0.6) is 5.88 Å². The van der Waals surface area contributed by atoms with Gasteiger partial charge in [-0.25, -0.2) is 9.97 Å². The molecule has 4 nitrogen and oxygen atoms in total. The highest BCUT2D eigenvalue weighted by atomic mass is 16.5. The molecule has 0 amide bonds. The standard InChI is InChI=1S/C10H17N3O/c1-2-3-4-5-8-14-10-9(11)12-6-7-13-10/h6-7H,2-5,8H2,1H3,(H2,11,12). The molecule has 4 heteroatoms. The first-order valence-electron chi connectivity index (χ1n) is 5.04. The summed E-state index contributed by atoms with van der Waals surface area (Å²) in [5.74, 6) is 0.812. The summed E-state index contributed by atoms with van der Waals surface area (Å²) in [4.78, 5) is 7.87. The SMILES string of the molecule is CCCCCCOc1nccnc1N. The number of nitrogen functional groups attached to an aromatic ring is 1. The van der Waals surface area contributed by atoms with Gasteiger partial charge in [0.15, 0.2) is 5.82 Å². The van der Waals surface area contributed by atoms with E-state index in [0.29, 0.717) is 18.3 Å². The molecule has 0 unspecified atom stereocenters. The number of hydrogen-bond donors (Lipinski definition) is 1. The maximum absolute atomic E-state index is 5.56. The molecule has 0 fully saturated rings. The van der Waals surface area contributed by atoms with Gasteiger partial charge in [0.25, 0.3) is 5.88 Å². The zero-order chi connectivity index (χ0) is 10.2. The fourth-order valence-electron chi connectivity index (χ4n) is 1.14. The van der Waals surface area contributed by atoms with Crippen LogP contribution in [0.25, 0.3) is 0 Å². The van der Waals surface area contributed by atoms with Crippen LogP contribution >= 0.6 is 0 Å². The predicted octanol–water partition coefficient (Wildman–Crippen LogP) is 2.02. The van der Waals surface area contributed by atoms with Gasteiger partial charge in [-0.15, -0.1) is 0 Å². The third-order valence-electron chi connectivity index (χ3n) is 1.93. The minimum Gasteiger partial charge on any atom is -0.475 e. The van der Waals surface area contributed by atoms with E-state index in [2.05, 4.69) is 16.9 Å². The van der Waals surface area contributed by atoms with E-state index in [4.69, 9.17) is 10.5 Å². The number of aromatic nitrogens is 2. The van der Waals surface area contributed by atoms with Crippen LogP contribution < -0.4 is 10.5 Å². The Morgan fingerprint density at radius 3 is 2.71 bits per heavy atom. The summed E-state index contributed by atoms with van der Waals surface area (Å²) < 4.78 is 5.38. The van der Waals surface area contributed by atoms with Crippen LogP contribution in [0, 0.1) is 0 Å². The van der Waals surface area contributed by atoms with Crippen molar-refractivity contribution in [1.82, 2.24) is 9.97 Å². The van der Waals surface area contributed by atoms with Crippen LogP contribution in [0.2, 0.25) is 0 Å². The number of unbranched alkanes of at least 4 members (excludes halogenated alkanes) is 3. The van der Waals surface area contributed by atoms with Crippen molar-refractivity contribution in [1.29, 1.82) is 0 Å². The Morgan fingerprint density at radius 1 is 1.21 bits per heavy atom. The fourth-order valence-corrected chi connectivity index (χ4v) is 1.14. The summed E-state index contributed by atoms with van der Waals surface area (Å²) in [5.41, 5.74) is 5.56. The van der Waals surface area contributed by atoms with Gasteiger partial charge in [0.05, 0.1) is 6.61 Å². The lowest BCUT2D eigenvalue weighted by molar-refractivity contribution is 0.294. The molecule has 1 aromatic heterocycles. The third-order valence-corrected chi connectivity index (χ3v) is 1.93. The first-order chi connectivity index (χ1) is 6.84. The number of anilines is 1. The monoisotopic (exact) mass is 195 g/mol. The van der Waals surface area contributed by atoms with E-state index in [9.17, 15) is 0 Å². The van der Waals surface area contributed by atoms with E-state index >= 15 is 0 Å². The molecule has 0 aliphatic carbocycles. The first-order valence-corrected chi connectivity index (χ1v) is 5.04. The van der Waals surface area contributed by atoms with Crippen molar-refractivity contribution in [2.75, 3.05) is 12.3 Å². The summed E-state index contributed by atoms with van der Waals surface area (Å²) in [7, 11) is 0. The second kappa shape index (κ2) is 6.18. The second-order valence-electron chi connectivity index (χ2n) is 3.16. The molecular formula is C10H17N3O. The average molecular weight is 195 g/mol. The first kappa shape index (κ1) is 10.8. The smallest absolute Gasteiger partial charge is 0.257 e. The van der Waals surface area contributed by atoms with Gasteiger partial charge in [-0.3, -0.25) is 0 Å². The van der Waals surface area contributed by atoms with Crippen LogP contribution in [0.3, 0.4) is 0 Å². The summed E-state index contributed by atoms with van der Waals surface area (Å²) in [5, 5.41) is 0. The van der Waals surface area contributed by atoms with Gasteiger partial charge >= 0.3 is 0 Å². The molecule has 1 rings (SSSR count).